The average molecular weight is 260 g/mol. The number of carboxylic acids is 1. The zero-order valence-electron chi connectivity index (χ0n) is 11.6. The second kappa shape index (κ2) is 8.88. The second-order valence-corrected chi connectivity index (χ2v) is 4.34. The van der Waals surface area contributed by atoms with Gasteiger partial charge in [-0.15, -0.1) is 0 Å². The molecule has 0 aliphatic rings. The van der Waals surface area contributed by atoms with Gasteiger partial charge in [-0.1, -0.05) is 6.92 Å². The fraction of sp³-hybridized carbons (Fsp3) is 0.833. The number of methoxy groups -OCH3 is 1. The molecule has 0 aliphatic carbocycles. The van der Waals surface area contributed by atoms with E-state index in [2.05, 4.69) is 5.32 Å². The largest absolute Gasteiger partial charge is 0.480 e. The third-order valence-electron chi connectivity index (χ3n) is 2.89. The first-order valence-electron chi connectivity index (χ1n) is 6.15. The van der Waals surface area contributed by atoms with Crippen molar-refractivity contribution in [2.75, 3.05) is 26.8 Å². The number of hydrogen-bond acceptors (Lipinski definition) is 4. The maximum absolute atomic E-state index is 11.1. The van der Waals surface area contributed by atoms with Crippen LogP contribution in [0.1, 0.15) is 27.2 Å². The highest BCUT2D eigenvalue weighted by Crippen LogP contribution is 2.05. The maximum Gasteiger partial charge on any atom is 0.327 e. The van der Waals surface area contributed by atoms with E-state index in [0.717, 1.165) is 6.42 Å². The molecule has 2 unspecified atom stereocenters. The zero-order valence-corrected chi connectivity index (χ0v) is 11.6. The molecule has 0 aromatic rings. The van der Waals surface area contributed by atoms with Crippen molar-refractivity contribution in [2.45, 2.75) is 39.3 Å². The first kappa shape index (κ1) is 16.9. The van der Waals surface area contributed by atoms with Crippen LogP contribution in [0.4, 0.5) is 0 Å². The standard InChI is InChI=1S/C12H24N2O4/c1-5-9(2)14(6-7-18-4)8-11(12(16)17)13-10(3)15/h9,11H,5-8H2,1-4H3,(H,13,15)(H,16,17). The molecular weight excluding hydrogens is 236 g/mol. The van der Waals surface area contributed by atoms with Crippen LogP contribution >= 0.6 is 0 Å². The number of carbonyl (C=O) groups excluding carboxylic acids is 1. The lowest BCUT2D eigenvalue weighted by atomic mass is 10.2. The van der Waals surface area contributed by atoms with Gasteiger partial charge < -0.3 is 15.2 Å². The van der Waals surface area contributed by atoms with Crippen molar-refractivity contribution in [3.63, 3.8) is 0 Å². The molecule has 0 aromatic heterocycles. The Balaban J connectivity index is 4.57. The quantitative estimate of drug-likeness (QED) is 0.624. The number of nitrogens with one attached hydrogen (secondary N) is 1. The summed E-state index contributed by atoms with van der Waals surface area (Å²) < 4.78 is 5.01. The summed E-state index contributed by atoms with van der Waals surface area (Å²) in [5.41, 5.74) is 0. The molecule has 6 heteroatoms. The molecule has 0 spiro atoms. The highest BCUT2D eigenvalue weighted by molar-refractivity contribution is 5.82. The summed E-state index contributed by atoms with van der Waals surface area (Å²) in [5.74, 6) is -1.35. The van der Waals surface area contributed by atoms with Crippen molar-refractivity contribution in [3.8, 4) is 0 Å². The van der Waals surface area contributed by atoms with Crippen LogP contribution in [0.5, 0.6) is 0 Å². The maximum atomic E-state index is 11.1. The van der Waals surface area contributed by atoms with Gasteiger partial charge in [0.05, 0.1) is 6.61 Å². The summed E-state index contributed by atoms with van der Waals surface area (Å²) in [6.07, 6.45) is 0.913. The topological polar surface area (TPSA) is 78.9 Å². The fourth-order valence-electron chi connectivity index (χ4n) is 1.62. The van der Waals surface area contributed by atoms with E-state index < -0.39 is 12.0 Å². The Labute approximate surface area is 108 Å². The fourth-order valence-corrected chi connectivity index (χ4v) is 1.62. The lowest BCUT2D eigenvalue weighted by Crippen LogP contribution is -2.50. The molecule has 0 aromatic carbocycles. The number of amides is 1. The van der Waals surface area contributed by atoms with E-state index in [-0.39, 0.29) is 18.5 Å². The molecule has 106 valence electrons. The van der Waals surface area contributed by atoms with Crippen LogP contribution in [-0.4, -0.2) is 60.8 Å². The van der Waals surface area contributed by atoms with Gasteiger partial charge in [-0.25, -0.2) is 4.79 Å². The minimum atomic E-state index is -1.02. The van der Waals surface area contributed by atoms with Crippen molar-refractivity contribution >= 4 is 11.9 Å². The van der Waals surface area contributed by atoms with Gasteiger partial charge in [0.1, 0.15) is 6.04 Å². The van der Waals surface area contributed by atoms with Gasteiger partial charge in [0.15, 0.2) is 0 Å². The van der Waals surface area contributed by atoms with E-state index in [1.807, 2.05) is 18.7 Å². The second-order valence-electron chi connectivity index (χ2n) is 4.34. The van der Waals surface area contributed by atoms with Gasteiger partial charge in [-0.05, 0) is 13.3 Å². The Bertz CT molecular complexity index is 271. The summed E-state index contributed by atoms with van der Waals surface area (Å²) in [6, 6.07) is -0.635. The molecule has 0 bridgehead atoms. The van der Waals surface area contributed by atoms with Gasteiger partial charge in [-0.3, -0.25) is 9.69 Å². The molecular formula is C12H24N2O4. The monoisotopic (exact) mass is 260 g/mol. The summed E-state index contributed by atoms with van der Waals surface area (Å²) in [4.78, 5) is 24.1. The summed E-state index contributed by atoms with van der Waals surface area (Å²) >= 11 is 0. The van der Waals surface area contributed by atoms with E-state index in [1.54, 1.807) is 7.11 Å². The molecule has 2 N–H and O–H groups in total. The van der Waals surface area contributed by atoms with Gasteiger partial charge >= 0.3 is 5.97 Å². The van der Waals surface area contributed by atoms with E-state index in [1.165, 1.54) is 6.92 Å². The third kappa shape index (κ3) is 6.56. The first-order chi connectivity index (χ1) is 8.42. The molecule has 18 heavy (non-hydrogen) atoms. The van der Waals surface area contributed by atoms with E-state index >= 15 is 0 Å². The van der Waals surface area contributed by atoms with Crippen molar-refractivity contribution in [2.24, 2.45) is 0 Å². The highest BCUT2D eigenvalue weighted by atomic mass is 16.5. The van der Waals surface area contributed by atoms with Crippen LogP contribution in [-0.2, 0) is 14.3 Å². The summed E-state index contributed by atoms with van der Waals surface area (Å²) in [6.45, 7) is 6.86. The number of ether oxygens (including phenoxy) is 1. The number of carboxylic acid groups (broad SMARTS) is 1. The molecule has 0 saturated heterocycles. The van der Waals surface area contributed by atoms with Crippen LogP contribution in [0.15, 0.2) is 0 Å². The molecule has 6 nitrogen and oxygen atoms in total. The van der Waals surface area contributed by atoms with Crippen molar-refractivity contribution in [1.29, 1.82) is 0 Å². The average Bonchev–Trinajstić information content (AvgIpc) is 2.31. The van der Waals surface area contributed by atoms with Crippen LogP contribution in [0.2, 0.25) is 0 Å². The van der Waals surface area contributed by atoms with Crippen molar-refractivity contribution in [3.05, 3.63) is 0 Å². The van der Waals surface area contributed by atoms with Crippen LogP contribution in [0.3, 0.4) is 0 Å². The Kier molecular flexibility index (Phi) is 8.32. The molecule has 1 amide bonds. The Morgan fingerprint density at radius 1 is 1.44 bits per heavy atom. The number of aliphatic carboxylic acids is 1. The van der Waals surface area contributed by atoms with Crippen LogP contribution in [0.25, 0.3) is 0 Å². The molecule has 2 atom stereocenters. The van der Waals surface area contributed by atoms with Gasteiger partial charge in [-0.2, -0.15) is 0 Å². The van der Waals surface area contributed by atoms with E-state index in [0.29, 0.717) is 13.2 Å². The zero-order chi connectivity index (χ0) is 14.1. The predicted molar refractivity (Wildman–Crippen MR) is 68.4 cm³/mol. The first-order valence-corrected chi connectivity index (χ1v) is 6.15. The minimum absolute atomic E-state index is 0.246. The van der Waals surface area contributed by atoms with Gasteiger partial charge in [0, 0.05) is 33.2 Å². The third-order valence-corrected chi connectivity index (χ3v) is 2.89. The Hall–Kier alpha value is -1.14. The van der Waals surface area contributed by atoms with E-state index in [4.69, 9.17) is 9.84 Å². The molecule has 0 radical (unpaired) electrons. The smallest absolute Gasteiger partial charge is 0.327 e. The van der Waals surface area contributed by atoms with Crippen molar-refractivity contribution in [1.82, 2.24) is 10.2 Å². The molecule has 0 fully saturated rings. The predicted octanol–water partition coefficient (Wildman–Crippen LogP) is 0.323. The molecule has 0 rings (SSSR count). The van der Waals surface area contributed by atoms with Crippen LogP contribution in [0, 0.1) is 0 Å². The lowest BCUT2D eigenvalue weighted by molar-refractivity contribution is -0.142. The molecule has 0 heterocycles. The SMILES string of the molecule is CCC(C)N(CCOC)CC(NC(C)=O)C(=O)O. The Morgan fingerprint density at radius 3 is 2.44 bits per heavy atom. The lowest BCUT2D eigenvalue weighted by Gasteiger charge is -2.30. The summed E-state index contributed by atoms with van der Waals surface area (Å²) in [7, 11) is 1.61. The number of nitrogens with zero attached hydrogens (tertiary/aromatic N) is 1. The highest BCUT2D eigenvalue weighted by Gasteiger charge is 2.23. The number of rotatable bonds is 9. The van der Waals surface area contributed by atoms with Gasteiger partial charge in [0.2, 0.25) is 5.91 Å². The van der Waals surface area contributed by atoms with E-state index in [9.17, 15) is 9.59 Å². The number of hydrogen-bond donors (Lipinski definition) is 2. The summed E-state index contributed by atoms with van der Waals surface area (Å²) in [5, 5.41) is 11.5. The van der Waals surface area contributed by atoms with Crippen molar-refractivity contribution < 1.29 is 19.4 Å². The number of carbonyl (C=O) groups is 2. The Morgan fingerprint density at radius 2 is 2.06 bits per heavy atom. The molecule has 0 saturated carbocycles. The van der Waals surface area contributed by atoms with Gasteiger partial charge in [0.25, 0.3) is 0 Å². The van der Waals surface area contributed by atoms with Crippen LogP contribution < -0.4 is 5.32 Å². The normalized spacial score (nSPS) is 14.3. The minimum Gasteiger partial charge on any atom is -0.480 e. The molecule has 0 aliphatic heterocycles.